The van der Waals surface area contributed by atoms with E-state index in [0.29, 0.717) is 22.3 Å². The molecule has 5 nitrogen and oxygen atoms in total. The molecular formula is C20H18O5. The van der Waals surface area contributed by atoms with Crippen LogP contribution in [0, 0.1) is 0 Å². The number of benzene rings is 2. The van der Waals surface area contributed by atoms with Crippen molar-refractivity contribution in [2.45, 2.75) is 20.0 Å². The number of rotatable bonds is 5. The SMILES string of the molecule is CCOC(=O)C(C)Oc1c(-c2ccccc2)oc2ccccc2c1=O. The number of ether oxygens (including phenoxy) is 2. The highest BCUT2D eigenvalue weighted by Gasteiger charge is 2.23. The molecule has 1 aromatic heterocycles. The van der Waals surface area contributed by atoms with Crippen LogP contribution in [-0.2, 0) is 9.53 Å². The quantitative estimate of drug-likeness (QED) is 0.662. The van der Waals surface area contributed by atoms with Crippen molar-refractivity contribution in [3.8, 4) is 17.1 Å². The van der Waals surface area contributed by atoms with E-state index >= 15 is 0 Å². The number of carbonyl (C=O) groups excluding carboxylic acids is 1. The molecule has 3 rings (SSSR count). The normalized spacial score (nSPS) is 11.9. The molecule has 0 fully saturated rings. The van der Waals surface area contributed by atoms with Gasteiger partial charge in [-0.2, -0.15) is 0 Å². The number of hydrogen-bond donors (Lipinski definition) is 0. The van der Waals surface area contributed by atoms with Crippen LogP contribution in [-0.4, -0.2) is 18.7 Å². The summed E-state index contributed by atoms with van der Waals surface area (Å²) in [4.78, 5) is 24.8. The highest BCUT2D eigenvalue weighted by Crippen LogP contribution is 2.31. The predicted octanol–water partition coefficient (Wildman–Crippen LogP) is 3.79. The fourth-order valence-corrected chi connectivity index (χ4v) is 2.50. The molecule has 0 aliphatic carbocycles. The molecule has 3 aromatic rings. The molecule has 5 heteroatoms. The molecule has 0 saturated heterocycles. The van der Waals surface area contributed by atoms with E-state index in [0.717, 1.165) is 0 Å². The van der Waals surface area contributed by atoms with Crippen molar-refractivity contribution in [3.63, 3.8) is 0 Å². The molecule has 0 radical (unpaired) electrons. The van der Waals surface area contributed by atoms with E-state index in [4.69, 9.17) is 13.9 Å². The van der Waals surface area contributed by atoms with Crippen molar-refractivity contribution in [3.05, 3.63) is 64.8 Å². The van der Waals surface area contributed by atoms with Crippen molar-refractivity contribution in [1.82, 2.24) is 0 Å². The van der Waals surface area contributed by atoms with E-state index in [1.54, 1.807) is 38.1 Å². The van der Waals surface area contributed by atoms with Gasteiger partial charge in [-0.1, -0.05) is 42.5 Å². The first-order valence-electron chi connectivity index (χ1n) is 8.06. The van der Waals surface area contributed by atoms with Crippen LogP contribution in [0.3, 0.4) is 0 Å². The lowest BCUT2D eigenvalue weighted by Crippen LogP contribution is -2.28. The van der Waals surface area contributed by atoms with E-state index in [1.807, 2.05) is 30.3 Å². The van der Waals surface area contributed by atoms with Crippen molar-refractivity contribution in [1.29, 1.82) is 0 Å². The second-order valence-corrected chi connectivity index (χ2v) is 5.46. The maximum Gasteiger partial charge on any atom is 0.347 e. The van der Waals surface area contributed by atoms with E-state index in [2.05, 4.69) is 0 Å². The van der Waals surface area contributed by atoms with Crippen molar-refractivity contribution in [2.24, 2.45) is 0 Å². The van der Waals surface area contributed by atoms with Gasteiger partial charge in [0.15, 0.2) is 11.9 Å². The molecule has 25 heavy (non-hydrogen) atoms. The minimum atomic E-state index is -0.925. The molecule has 0 bridgehead atoms. The number of carbonyl (C=O) groups is 1. The fourth-order valence-electron chi connectivity index (χ4n) is 2.50. The van der Waals surface area contributed by atoms with Gasteiger partial charge in [0.1, 0.15) is 5.58 Å². The van der Waals surface area contributed by atoms with E-state index in [-0.39, 0.29) is 17.8 Å². The summed E-state index contributed by atoms with van der Waals surface area (Å²) in [5, 5.41) is 0.397. The average molecular weight is 338 g/mol. The summed E-state index contributed by atoms with van der Waals surface area (Å²) in [6.45, 7) is 3.50. The molecular weight excluding hydrogens is 320 g/mol. The Labute approximate surface area is 144 Å². The third-order valence-electron chi connectivity index (χ3n) is 3.71. The Morgan fingerprint density at radius 1 is 1.08 bits per heavy atom. The van der Waals surface area contributed by atoms with Gasteiger partial charge in [-0.15, -0.1) is 0 Å². The van der Waals surface area contributed by atoms with Crippen molar-refractivity contribution in [2.75, 3.05) is 6.61 Å². The fraction of sp³-hybridized carbons (Fsp3) is 0.200. The molecule has 1 atom stereocenters. The van der Waals surface area contributed by atoms with Crippen LogP contribution in [0.15, 0.2) is 63.8 Å². The Morgan fingerprint density at radius 3 is 2.48 bits per heavy atom. The van der Waals surface area contributed by atoms with Gasteiger partial charge < -0.3 is 13.9 Å². The largest absolute Gasteiger partial charge is 0.471 e. The minimum absolute atomic E-state index is 0.00505. The zero-order valence-electron chi connectivity index (χ0n) is 14.0. The maximum atomic E-state index is 12.9. The summed E-state index contributed by atoms with van der Waals surface area (Å²) in [6, 6.07) is 16.1. The molecule has 1 heterocycles. The van der Waals surface area contributed by atoms with Crippen LogP contribution in [0.2, 0.25) is 0 Å². The highest BCUT2D eigenvalue weighted by molar-refractivity contribution is 5.82. The van der Waals surface area contributed by atoms with Gasteiger partial charge in [0.05, 0.1) is 12.0 Å². The number of fused-ring (bicyclic) bond motifs is 1. The second-order valence-electron chi connectivity index (χ2n) is 5.46. The first kappa shape index (κ1) is 16.8. The summed E-state index contributed by atoms with van der Waals surface area (Å²) in [6.07, 6.45) is -0.925. The Morgan fingerprint density at radius 2 is 1.76 bits per heavy atom. The van der Waals surface area contributed by atoms with Gasteiger partial charge in [-0.25, -0.2) is 4.79 Å². The Balaban J connectivity index is 2.16. The predicted molar refractivity (Wildman–Crippen MR) is 94.6 cm³/mol. The van der Waals surface area contributed by atoms with Gasteiger partial charge in [0, 0.05) is 5.56 Å². The summed E-state index contributed by atoms with van der Waals surface area (Å²) in [7, 11) is 0. The third kappa shape index (κ3) is 3.40. The van der Waals surface area contributed by atoms with Crippen LogP contribution in [0.25, 0.3) is 22.3 Å². The molecule has 2 aromatic carbocycles. The Bertz CT molecular complexity index is 943. The maximum absolute atomic E-state index is 12.9. The smallest absolute Gasteiger partial charge is 0.347 e. The lowest BCUT2D eigenvalue weighted by atomic mass is 10.1. The second kappa shape index (κ2) is 7.21. The minimum Gasteiger partial charge on any atom is -0.471 e. The summed E-state index contributed by atoms with van der Waals surface area (Å²) in [5.41, 5.74) is 0.829. The van der Waals surface area contributed by atoms with E-state index in [9.17, 15) is 9.59 Å². The van der Waals surface area contributed by atoms with Crippen LogP contribution >= 0.6 is 0 Å². The van der Waals surface area contributed by atoms with Gasteiger partial charge in [-0.3, -0.25) is 4.79 Å². The first-order valence-corrected chi connectivity index (χ1v) is 8.06. The van der Waals surface area contributed by atoms with Crippen LogP contribution < -0.4 is 10.2 Å². The number of esters is 1. The molecule has 1 unspecified atom stereocenters. The zero-order chi connectivity index (χ0) is 17.8. The monoisotopic (exact) mass is 338 g/mol. The van der Waals surface area contributed by atoms with Crippen LogP contribution in [0.5, 0.6) is 5.75 Å². The van der Waals surface area contributed by atoms with E-state index in [1.165, 1.54) is 0 Å². The lowest BCUT2D eigenvalue weighted by Gasteiger charge is -2.15. The van der Waals surface area contributed by atoms with Crippen molar-refractivity contribution >= 4 is 16.9 Å². The van der Waals surface area contributed by atoms with Gasteiger partial charge in [0.25, 0.3) is 0 Å². The average Bonchev–Trinajstić information content (AvgIpc) is 2.64. The Hall–Kier alpha value is -3.08. The van der Waals surface area contributed by atoms with Crippen molar-refractivity contribution < 1.29 is 18.7 Å². The first-order chi connectivity index (χ1) is 12.1. The van der Waals surface area contributed by atoms with Gasteiger partial charge in [-0.05, 0) is 26.0 Å². The molecule has 0 aliphatic rings. The molecule has 128 valence electrons. The topological polar surface area (TPSA) is 65.7 Å². The molecule has 0 aliphatic heterocycles. The zero-order valence-corrected chi connectivity index (χ0v) is 14.0. The van der Waals surface area contributed by atoms with Gasteiger partial charge in [0.2, 0.25) is 11.2 Å². The molecule has 0 N–H and O–H groups in total. The summed E-state index contributed by atoms with van der Waals surface area (Å²) < 4.78 is 16.5. The highest BCUT2D eigenvalue weighted by atomic mass is 16.6. The summed E-state index contributed by atoms with van der Waals surface area (Å²) in [5.74, 6) is -0.236. The molecule has 0 spiro atoms. The summed E-state index contributed by atoms with van der Waals surface area (Å²) >= 11 is 0. The van der Waals surface area contributed by atoms with Gasteiger partial charge >= 0.3 is 5.97 Å². The Kier molecular flexibility index (Phi) is 4.84. The van der Waals surface area contributed by atoms with Crippen LogP contribution in [0.1, 0.15) is 13.8 Å². The third-order valence-corrected chi connectivity index (χ3v) is 3.71. The molecule has 0 saturated carbocycles. The van der Waals surface area contributed by atoms with Crippen LogP contribution in [0.4, 0.5) is 0 Å². The lowest BCUT2D eigenvalue weighted by molar-refractivity contribution is -0.150. The van der Waals surface area contributed by atoms with E-state index < -0.39 is 12.1 Å². The number of hydrogen-bond acceptors (Lipinski definition) is 5. The number of para-hydroxylation sites is 1. The standard InChI is InChI=1S/C20H18O5/c1-3-23-20(22)13(2)24-19-17(21)15-11-7-8-12-16(15)25-18(19)14-9-5-4-6-10-14/h4-13H,3H2,1-2H3. The molecule has 0 amide bonds.